The maximum absolute atomic E-state index is 5.47. The molecule has 2 aromatic rings. The lowest BCUT2D eigenvalue weighted by Gasteiger charge is -2.43. The summed E-state index contributed by atoms with van der Waals surface area (Å²) in [5.74, 6) is 2.52. The number of nitrogens with zero attached hydrogens (tertiary/aromatic N) is 3. The molecule has 6 heteroatoms. The molecular weight excluding hydrogens is 280 g/mol. The van der Waals surface area contributed by atoms with Crippen molar-refractivity contribution in [2.24, 2.45) is 0 Å². The number of aromatic nitrogens is 3. The second-order valence-electron chi connectivity index (χ2n) is 6.66. The third kappa shape index (κ3) is 2.79. The minimum absolute atomic E-state index is 0.337. The molecule has 1 saturated heterocycles. The van der Waals surface area contributed by atoms with Crippen molar-refractivity contribution in [1.29, 1.82) is 0 Å². The van der Waals surface area contributed by atoms with Crippen molar-refractivity contribution in [3.05, 3.63) is 29.7 Å². The van der Waals surface area contributed by atoms with Crippen molar-refractivity contribution in [3.63, 3.8) is 0 Å². The third-order valence-electron chi connectivity index (χ3n) is 5.16. The normalized spacial score (nSPS) is 24.6. The summed E-state index contributed by atoms with van der Waals surface area (Å²) in [7, 11) is 0. The van der Waals surface area contributed by atoms with Crippen molar-refractivity contribution in [1.82, 2.24) is 20.6 Å². The number of hydrogen-bond acceptors (Lipinski definition) is 6. The molecule has 2 aliphatic rings. The molecule has 1 spiro atoms. The summed E-state index contributed by atoms with van der Waals surface area (Å²) in [6.45, 7) is 0.948. The first-order chi connectivity index (χ1) is 10.8. The Labute approximate surface area is 129 Å². The van der Waals surface area contributed by atoms with Gasteiger partial charge in [0.2, 0.25) is 5.89 Å². The maximum Gasteiger partial charge on any atom is 0.231 e. The van der Waals surface area contributed by atoms with Gasteiger partial charge in [-0.15, -0.1) is 0 Å². The molecule has 118 valence electrons. The van der Waals surface area contributed by atoms with Gasteiger partial charge in [-0.3, -0.25) is 0 Å². The average Bonchev–Trinajstić information content (AvgIpc) is 3.22. The molecule has 0 bridgehead atoms. The minimum Gasteiger partial charge on any atom is -0.361 e. The van der Waals surface area contributed by atoms with Crippen molar-refractivity contribution in [2.45, 2.75) is 62.8 Å². The zero-order valence-corrected chi connectivity index (χ0v) is 12.8. The monoisotopic (exact) mass is 302 g/mol. The highest BCUT2D eigenvalue weighted by Crippen LogP contribution is 2.38. The number of piperidine rings is 1. The summed E-state index contributed by atoms with van der Waals surface area (Å²) >= 11 is 0. The van der Waals surface area contributed by atoms with E-state index in [1.54, 1.807) is 6.20 Å². The van der Waals surface area contributed by atoms with Crippen LogP contribution in [0, 0.1) is 0 Å². The van der Waals surface area contributed by atoms with Gasteiger partial charge in [0, 0.05) is 18.2 Å². The van der Waals surface area contributed by atoms with Crippen LogP contribution in [0.5, 0.6) is 0 Å². The van der Waals surface area contributed by atoms with Crippen LogP contribution in [0.2, 0.25) is 0 Å². The lowest BCUT2D eigenvalue weighted by molar-refractivity contribution is 0.162. The molecule has 0 radical (unpaired) electrons. The molecule has 1 aliphatic carbocycles. The summed E-state index contributed by atoms with van der Waals surface area (Å²) in [4.78, 5) is 4.54. The van der Waals surface area contributed by atoms with Gasteiger partial charge in [-0.2, -0.15) is 4.98 Å². The molecule has 4 rings (SSSR count). The van der Waals surface area contributed by atoms with Crippen molar-refractivity contribution in [2.75, 3.05) is 6.54 Å². The van der Waals surface area contributed by atoms with Crippen LogP contribution in [0.1, 0.15) is 68.3 Å². The summed E-state index contributed by atoms with van der Waals surface area (Å²) in [5.41, 5.74) is 0.386. The van der Waals surface area contributed by atoms with E-state index in [2.05, 4.69) is 20.6 Å². The van der Waals surface area contributed by atoms with E-state index in [1.807, 2.05) is 6.07 Å². The highest BCUT2D eigenvalue weighted by Gasteiger charge is 2.37. The van der Waals surface area contributed by atoms with Gasteiger partial charge in [0.05, 0.1) is 18.5 Å². The first kappa shape index (κ1) is 13.9. The lowest BCUT2D eigenvalue weighted by Crippen LogP contribution is -2.51. The number of nitrogens with one attached hydrogen (secondary N) is 1. The fourth-order valence-corrected chi connectivity index (χ4v) is 3.84. The first-order valence-corrected chi connectivity index (χ1v) is 8.30. The fraction of sp³-hybridized carbons (Fsp3) is 0.688. The van der Waals surface area contributed by atoms with Crippen LogP contribution in [0.4, 0.5) is 0 Å². The molecule has 2 aromatic heterocycles. The summed E-state index contributed by atoms with van der Waals surface area (Å²) in [6.07, 6.45) is 11.3. The van der Waals surface area contributed by atoms with Crippen LogP contribution in [-0.4, -0.2) is 27.4 Å². The van der Waals surface area contributed by atoms with Crippen LogP contribution in [0.25, 0.3) is 0 Å². The van der Waals surface area contributed by atoms with E-state index in [1.165, 1.54) is 38.5 Å². The SMILES string of the molecule is c1cc(Cc2noc(C3CCC4(CCCCC4)NC3)n2)on1. The van der Waals surface area contributed by atoms with Gasteiger partial charge in [0.25, 0.3) is 0 Å². The van der Waals surface area contributed by atoms with Gasteiger partial charge in [-0.25, -0.2) is 0 Å². The Bertz CT molecular complexity index is 591. The molecule has 1 atom stereocenters. The van der Waals surface area contributed by atoms with Gasteiger partial charge in [-0.05, 0) is 25.7 Å². The highest BCUT2D eigenvalue weighted by atomic mass is 16.5. The molecule has 1 aliphatic heterocycles. The van der Waals surface area contributed by atoms with Crippen molar-refractivity contribution in [3.8, 4) is 0 Å². The first-order valence-electron chi connectivity index (χ1n) is 8.30. The van der Waals surface area contributed by atoms with Gasteiger partial charge in [-0.1, -0.05) is 29.6 Å². The van der Waals surface area contributed by atoms with E-state index in [4.69, 9.17) is 9.05 Å². The third-order valence-corrected chi connectivity index (χ3v) is 5.16. The Morgan fingerprint density at radius 1 is 1.18 bits per heavy atom. The molecule has 1 N–H and O–H groups in total. The minimum atomic E-state index is 0.337. The standard InChI is InChI=1S/C16H22N4O2/c1-2-6-16(7-3-1)8-4-12(11-17-16)15-19-14(20-22-15)10-13-5-9-18-21-13/h5,9,12,17H,1-4,6-8,10-11H2. The molecule has 1 saturated carbocycles. The summed E-state index contributed by atoms with van der Waals surface area (Å²) in [5, 5.41) is 11.5. The van der Waals surface area contributed by atoms with Crippen LogP contribution in [0.3, 0.4) is 0 Å². The molecule has 0 amide bonds. The average molecular weight is 302 g/mol. The molecule has 2 fully saturated rings. The molecule has 3 heterocycles. The fourth-order valence-electron chi connectivity index (χ4n) is 3.84. The lowest BCUT2D eigenvalue weighted by atomic mass is 9.74. The van der Waals surface area contributed by atoms with Gasteiger partial charge < -0.3 is 14.4 Å². The predicted molar refractivity (Wildman–Crippen MR) is 79.4 cm³/mol. The van der Waals surface area contributed by atoms with E-state index < -0.39 is 0 Å². The zero-order chi connectivity index (χ0) is 14.8. The summed E-state index contributed by atoms with van der Waals surface area (Å²) in [6, 6.07) is 1.82. The maximum atomic E-state index is 5.47. The van der Waals surface area contributed by atoms with E-state index in [9.17, 15) is 0 Å². The molecule has 1 unspecified atom stereocenters. The Balaban J connectivity index is 1.38. The van der Waals surface area contributed by atoms with Crippen LogP contribution < -0.4 is 5.32 Å². The summed E-state index contributed by atoms with van der Waals surface area (Å²) < 4.78 is 10.5. The smallest absolute Gasteiger partial charge is 0.231 e. The highest BCUT2D eigenvalue weighted by molar-refractivity contribution is 5.06. The van der Waals surface area contributed by atoms with Crippen LogP contribution >= 0.6 is 0 Å². The quantitative estimate of drug-likeness (QED) is 0.939. The molecular formula is C16H22N4O2. The number of hydrogen-bond donors (Lipinski definition) is 1. The Hall–Kier alpha value is -1.69. The van der Waals surface area contributed by atoms with Gasteiger partial charge in [0.15, 0.2) is 5.82 Å². The van der Waals surface area contributed by atoms with Crippen molar-refractivity contribution >= 4 is 0 Å². The second-order valence-corrected chi connectivity index (χ2v) is 6.66. The molecule has 0 aromatic carbocycles. The van der Waals surface area contributed by atoms with E-state index >= 15 is 0 Å². The zero-order valence-electron chi connectivity index (χ0n) is 12.8. The van der Waals surface area contributed by atoms with E-state index in [0.29, 0.717) is 23.7 Å². The van der Waals surface area contributed by atoms with Gasteiger partial charge in [0.1, 0.15) is 5.76 Å². The number of rotatable bonds is 3. The van der Waals surface area contributed by atoms with E-state index in [-0.39, 0.29) is 0 Å². The van der Waals surface area contributed by atoms with E-state index in [0.717, 1.165) is 24.6 Å². The topological polar surface area (TPSA) is 77.0 Å². The Morgan fingerprint density at radius 2 is 2.09 bits per heavy atom. The molecule has 22 heavy (non-hydrogen) atoms. The van der Waals surface area contributed by atoms with Gasteiger partial charge >= 0.3 is 0 Å². The van der Waals surface area contributed by atoms with Crippen LogP contribution in [-0.2, 0) is 6.42 Å². The molecule has 6 nitrogen and oxygen atoms in total. The second kappa shape index (κ2) is 5.83. The van der Waals surface area contributed by atoms with Crippen molar-refractivity contribution < 1.29 is 9.05 Å². The predicted octanol–water partition coefficient (Wildman–Crippen LogP) is 2.82. The Morgan fingerprint density at radius 3 is 2.82 bits per heavy atom. The van der Waals surface area contributed by atoms with Crippen LogP contribution in [0.15, 0.2) is 21.3 Å². The largest absolute Gasteiger partial charge is 0.361 e. The Kier molecular flexibility index (Phi) is 3.70.